The number of rotatable bonds is 5. The molecule has 90 valence electrons. The summed E-state index contributed by atoms with van der Waals surface area (Å²) in [7, 11) is 1.89. The van der Waals surface area contributed by atoms with Crippen molar-refractivity contribution < 1.29 is 4.74 Å². The highest BCUT2D eigenvalue weighted by molar-refractivity contribution is 9.10. The normalized spacial score (nSPS) is 10.2. The molecule has 0 aliphatic carbocycles. The average molecular weight is 296 g/mol. The molecular weight excluding hydrogens is 282 g/mol. The molecule has 0 aliphatic heterocycles. The molecule has 0 amide bonds. The van der Waals surface area contributed by atoms with Crippen LogP contribution in [0.15, 0.2) is 41.0 Å². The van der Waals surface area contributed by atoms with E-state index in [1.165, 1.54) is 0 Å². The fourth-order valence-corrected chi connectivity index (χ4v) is 1.79. The lowest BCUT2D eigenvalue weighted by Gasteiger charge is -2.07. The van der Waals surface area contributed by atoms with Gasteiger partial charge < -0.3 is 10.1 Å². The van der Waals surface area contributed by atoms with Gasteiger partial charge in [-0.25, -0.2) is 0 Å². The Morgan fingerprint density at radius 3 is 3.00 bits per heavy atom. The monoisotopic (exact) mass is 295 g/mol. The van der Waals surface area contributed by atoms with Gasteiger partial charge in [0.25, 0.3) is 0 Å². The van der Waals surface area contributed by atoms with Gasteiger partial charge in [-0.05, 0) is 18.2 Å². The Morgan fingerprint density at radius 1 is 1.41 bits per heavy atom. The largest absolute Gasteiger partial charge is 0.492 e. The van der Waals surface area contributed by atoms with E-state index in [9.17, 15) is 0 Å². The van der Waals surface area contributed by atoms with Gasteiger partial charge in [0.1, 0.15) is 18.2 Å². The van der Waals surface area contributed by atoms with Gasteiger partial charge in [-0.1, -0.05) is 22.0 Å². The van der Waals surface area contributed by atoms with Gasteiger partial charge in [0, 0.05) is 23.8 Å². The summed E-state index contributed by atoms with van der Waals surface area (Å²) in [5, 5.41) is 7.39. The summed E-state index contributed by atoms with van der Waals surface area (Å²) in [6, 6.07) is 9.73. The Balaban J connectivity index is 1.73. The van der Waals surface area contributed by atoms with Crippen LogP contribution in [0.3, 0.4) is 0 Å². The van der Waals surface area contributed by atoms with Crippen molar-refractivity contribution in [1.29, 1.82) is 0 Å². The molecule has 0 fully saturated rings. The molecule has 1 heterocycles. The molecule has 0 aliphatic rings. The molecule has 0 bridgehead atoms. The fraction of sp³-hybridized carbons (Fsp3) is 0.250. The van der Waals surface area contributed by atoms with E-state index in [2.05, 4.69) is 26.3 Å². The van der Waals surface area contributed by atoms with E-state index in [1.54, 1.807) is 4.68 Å². The predicted octanol–water partition coefficient (Wildman–Crippen LogP) is 2.67. The van der Waals surface area contributed by atoms with Crippen molar-refractivity contribution in [1.82, 2.24) is 9.78 Å². The molecular formula is C12H14BrN3O. The number of hydrogen-bond donors (Lipinski definition) is 1. The van der Waals surface area contributed by atoms with E-state index in [0.29, 0.717) is 6.61 Å². The first kappa shape index (κ1) is 12.0. The fourth-order valence-electron chi connectivity index (χ4n) is 1.41. The van der Waals surface area contributed by atoms with Crippen LogP contribution in [0, 0.1) is 0 Å². The van der Waals surface area contributed by atoms with Gasteiger partial charge in [0.2, 0.25) is 0 Å². The molecule has 0 spiro atoms. The topological polar surface area (TPSA) is 39.1 Å². The smallest absolute Gasteiger partial charge is 0.148 e. The van der Waals surface area contributed by atoms with Crippen LogP contribution in [0.5, 0.6) is 5.75 Å². The van der Waals surface area contributed by atoms with Crippen LogP contribution in [0.25, 0.3) is 0 Å². The van der Waals surface area contributed by atoms with Crippen molar-refractivity contribution in [3.8, 4) is 5.75 Å². The van der Waals surface area contributed by atoms with Gasteiger partial charge in [-0.2, -0.15) is 5.10 Å². The van der Waals surface area contributed by atoms with Crippen LogP contribution >= 0.6 is 15.9 Å². The van der Waals surface area contributed by atoms with E-state index < -0.39 is 0 Å². The molecule has 0 saturated carbocycles. The molecule has 4 nitrogen and oxygen atoms in total. The van der Waals surface area contributed by atoms with Crippen LogP contribution in [-0.2, 0) is 7.05 Å². The minimum Gasteiger partial charge on any atom is -0.492 e. The Kier molecular flexibility index (Phi) is 4.03. The Bertz CT molecular complexity index is 484. The van der Waals surface area contributed by atoms with Crippen molar-refractivity contribution >= 4 is 21.7 Å². The Morgan fingerprint density at radius 2 is 2.29 bits per heavy atom. The highest BCUT2D eigenvalue weighted by Gasteiger charge is 1.96. The molecule has 0 saturated heterocycles. The Hall–Kier alpha value is -1.49. The van der Waals surface area contributed by atoms with Gasteiger partial charge in [0.15, 0.2) is 0 Å². The van der Waals surface area contributed by atoms with E-state index in [1.807, 2.05) is 43.6 Å². The van der Waals surface area contributed by atoms with E-state index in [0.717, 1.165) is 22.6 Å². The number of anilines is 1. The van der Waals surface area contributed by atoms with Gasteiger partial charge >= 0.3 is 0 Å². The lowest BCUT2D eigenvalue weighted by atomic mass is 10.3. The molecule has 2 aromatic rings. The quantitative estimate of drug-likeness (QED) is 0.862. The molecule has 1 aromatic heterocycles. The number of ether oxygens (including phenoxy) is 1. The first-order valence-electron chi connectivity index (χ1n) is 5.36. The third-order valence-electron chi connectivity index (χ3n) is 2.19. The van der Waals surface area contributed by atoms with Gasteiger partial charge in [-0.3, -0.25) is 4.68 Å². The molecule has 5 heteroatoms. The minimum atomic E-state index is 0.604. The molecule has 2 rings (SSSR count). The standard InChI is InChI=1S/C12H14BrN3O/c1-16-7-5-12(15-16)14-6-8-17-11-4-2-3-10(13)9-11/h2-5,7,9H,6,8H2,1H3,(H,14,15). The maximum absolute atomic E-state index is 5.59. The predicted molar refractivity (Wildman–Crippen MR) is 71.3 cm³/mol. The van der Waals surface area contributed by atoms with Gasteiger partial charge in [-0.15, -0.1) is 0 Å². The summed E-state index contributed by atoms with van der Waals surface area (Å²) >= 11 is 3.40. The zero-order valence-electron chi connectivity index (χ0n) is 9.56. The molecule has 1 N–H and O–H groups in total. The lowest BCUT2D eigenvalue weighted by Crippen LogP contribution is -2.11. The number of benzene rings is 1. The van der Waals surface area contributed by atoms with Crippen molar-refractivity contribution in [2.75, 3.05) is 18.5 Å². The number of nitrogens with zero attached hydrogens (tertiary/aromatic N) is 2. The lowest BCUT2D eigenvalue weighted by molar-refractivity contribution is 0.332. The molecule has 17 heavy (non-hydrogen) atoms. The first-order valence-corrected chi connectivity index (χ1v) is 6.15. The highest BCUT2D eigenvalue weighted by atomic mass is 79.9. The molecule has 0 radical (unpaired) electrons. The number of nitrogens with one attached hydrogen (secondary N) is 1. The van der Waals surface area contributed by atoms with E-state index in [-0.39, 0.29) is 0 Å². The maximum atomic E-state index is 5.59. The van der Waals surface area contributed by atoms with Crippen molar-refractivity contribution in [2.24, 2.45) is 7.05 Å². The zero-order valence-corrected chi connectivity index (χ0v) is 11.1. The second kappa shape index (κ2) is 5.72. The number of hydrogen-bond acceptors (Lipinski definition) is 3. The number of aromatic nitrogens is 2. The number of halogens is 1. The maximum Gasteiger partial charge on any atom is 0.148 e. The van der Waals surface area contributed by atoms with Crippen LogP contribution in [0.4, 0.5) is 5.82 Å². The second-order valence-electron chi connectivity index (χ2n) is 3.61. The van der Waals surface area contributed by atoms with Crippen LogP contribution in [0.2, 0.25) is 0 Å². The summed E-state index contributed by atoms with van der Waals surface area (Å²) in [6.45, 7) is 1.33. The summed E-state index contributed by atoms with van der Waals surface area (Å²) in [4.78, 5) is 0. The van der Waals surface area contributed by atoms with Crippen molar-refractivity contribution in [3.63, 3.8) is 0 Å². The minimum absolute atomic E-state index is 0.604. The SMILES string of the molecule is Cn1ccc(NCCOc2cccc(Br)c2)n1. The van der Waals surface area contributed by atoms with Crippen LogP contribution in [0.1, 0.15) is 0 Å². The van der Waals surface area contributed by atoms with Crippen molar-refractivity contribution in [3.05, 3.63) is 41.0 Å². The highest BCUT2D eigenvalue weighted by Crippen LogP contribution is 2.17. The average Bonchev–Trinajstić information content (AvgIpc) is 2.71. The van der Waals surface area contributed by atoms with Gasteiger partial charge in [0.05, 0.1) is 6.54 Å². The molecule has 0 unspecified atom stereocenters. The van der Waals surface area contributed by atoms with Crippen molar-refractivity contribution in [2.45, 2.75) is 0 Å². The summed E-state index contributed by atoms with van der Waals surface area (Å²) in [6.07, 6.45) is 1.90. The third-order valence-corrected chi connectivity index (χ3v) is 2.68. The third kappa shape index (κ3) is 3.78. The van der Waals surface area contributed by atoms with Crippen LogP contribution < -0.4 is 10.1 Å². The number of aryl methyl sites for hydroxylation is 1. The molecule has 1 aromatic carbocycles. The zero-order chi connectivity index (χ0) is 12.1. The summed E-state index contributed by atoms with van der Waals surface area (Å²) in [5.74, 6) is 1.73. The second-order valence-corrected chi connectivity index (χ2v) is 4.52. The summed E-state index contributed by atoms with van der Waals surface area (Å²) < 4.78 is 8.37. The van der Waals surface area contributed by atoms with E-state index >= 15 is 0 Å². The van der Waals surface area contributed by atoms with Crippen LogP contribution in [-0.4, -0.2) is 22.9 Å². The first-order chi connectivity index (χ1) is 8.24. The molecule has 0 atom stereocenters. The van der Waals surface area contributed by atoms with E-state index in [4.69, 9.17) is 4.74 Å². The Labute approximate surface area is 109 Å². The summed E-state index contributed by atoms with van der Waals surface area (Å²) in [5.41, 5.74) is 0.